The Morgan fingerprint density at radius 2 is 1.73 bits per heavy atom. The molecule has 5 nitrogen and oxygen atoms in total. The van der Waals surface area contributed by atoms with E-state index in [-0.39, 0.29) is 11.8 Å². The van der Waals surface area contributed by atoms with Crippen LogP contribution in [0.1, 0.15) is 18.9 Å². The zero-order valence-electron chi connectivity index (χ0n) is 17.3. The molecule has 1 heterocycles. The van der Waals surface area contributed by atoms with E-state index in [0.717, 1.165) is 34.3 Å². The van der Waals surface area contributed by atoms with Crippen molar-refractivity contribution in [2.24, 2.45) is 5.73 Å². The number of phenolic OH excluding ortho intramolecular Hbond substituents is 1. The Hall–Kier alpha value is -3.44. The third kappa shape index (κ3) is 3.98. The number of aryl methyl sites for hydroxylation is 1. The van der Waals surface area contributed by atoms with Crippen molar-refractivity contribution in [3.63, 3.8) is 0 Å². The lowest BCUT2D eigenvalue weighted by atomic mass is 9.98. The molecule has 4 aromatic rings. The molecule has 30 heavy (non-hydrogen) atoms. The molecule has 0 amide bonds. The zero-order valence-corrected chi connectivity index (χ0v) is 17.3. The van der Waals surface area contributed by atoms with Crippen molar-refractivity contribution >= 4 is 16.7 Å². The van der Waals surface area contributed by atoms with Crippen LogP contribution >= 0.6 is 0 Å². The number of para-hydroxylation sites is 1. The fourth-order valence-corrected chi connectivity index (χ4v) is 3.48. The summed E-state index contributed by atoms with van der Waals surface area (Å²) >= 11 is 0. The van der Waals surface area contributed by atoms with E-state index in [1.807, 2.05) is 48.5 Å². The van der Waals surface area contributed by atoms with Crippen LogP contribution in [0.4, 0.5) is 5.82 Å². The number of nitrogens with one attached hydrogen (secondary N) is 1. The highest BCUT2D eigenvalue weighted by atomic mass is 16.3. The molecular weight excluding hydrogens is 372 g/mol. The summed E-state index contributed by atoms with van der Waals surface area (Å²) in [7, 11) is 0. The van der Waals surface area contributed by atoms with E-state index in [1.165, 1.54) is 5.56 Å². The molecule has 0 spiro atoms. The van der Waals surface area contributed by atoms with Crippen molar-refractivity contribution in [3.8, 4) is 28.3 Å². The first-order valence-corrected chi connectivity index (χ1v) is 10.2. The molecule has 1 unspecified atom stereocenters. The second kappa shape index (κ2) is 8.51. The van der Waals surface area contributed by atoms with Gasteiger partial charge in [-0.2, -0.15) is 0 Å². The smallest absolute Gasteiger partial charge is 0.165 e. The molecule has 1 atom stereocenters. The summed E-state index contributed by atoms with van der Waals surface area (Å²) in [5, 5.41) is 14.9. The summed E-state index contributed by atoms with van der Waals surface area (Å²) in [6.07, 6.45) is 0.877. The number of nitrogens with zero attached hydrogens (tertiary/aromatic N) is 2. The number of hydrogen-bond donors (Lipinski definition) is 3. The lowest BCUT2D eigenvalue weighted by Gasteiger charge is -2.15. The molecule has 0 radical (unpaired) electrons. The van der Waals surface area contributed by atoms with Crippen LogP contribution in [0.5, 0.6) is 5.75 Å². The highest BCUT2D eigenvalue weighted by Crippen LogP contribution is 2.34. The van der Waals surface area contributed by atoms with Gasteiger partial charge in [0.15, 0.2) is 5.82 Å². The maximum atomic E-state index is 10.6. The number of hydrogen-bond acceptors (Lipinski definition) is 5. The molecular formula is C25H26N4O. The molecule has 0 bridgehead atoms. The van der Waals surface area contributed by atoms with Gasteiger partial charge in [0.1, 0.15) is 11.6 Å². The van der Waals surface area contributed by atoms with Crippen LogP contribution < -0.4 is 11.1 Å². The predicted molar refractivity (Wildman–Crippen MR) is 124 cm³/mol. The minimum Gasteiger partial charge on any atom is -0.507 e. The minimum atomic E-state index is 0.0416. The summed E-state index contributed by atoms with van der Waals surface area (Å²) in [5.41, 5.74) is 10.8. The Labute approximate surface area is 176 Å². The molecule has 5 heteroatoms. The second-order valence-corrected chi connectivity index (χ2v) is 7.51. The fourth-order valence-electron chi connectivity index (χ4n) is 3.48. The standard InChI is InChI=1S/C25H26N4O/c1-3-18(26)15-27-24-20-10-6-7-11-22(20)28-25(29-24)21-14-17(12-13-23(21)30)19-9-5-4-8-16(19)2/h4-14,18,30H,3,15,26H2,1-2H3,(H,27,28,29). The van der Waals surface area contributed by atoms with Gasteiger partial charge >= 0.3 is 0 Å². The van der Waals surface area contributed by atoms with Gasteiger partial charge in [-0.15, -0.1) is 0 Å². The third-order valence-corrected chi connectivity index (χ3v) is 5.35. The number of aromatic hydroxyl groups is 1. The van der Waals surface area contributed by atoms with Gasteiger partial charge in [0.25, 0.3) is 0 Å². The molecule has 4 rings (SSSR count). The van der Waals surface area contributed by atoms with E-state index < -0.39 is 0 Å². The molecule has 0 saturated carbocycles. The van der Waals surface area contributed by atoms with E-state index in [4.69, 9.17) is 15.7 Å². The third-order valence-electron chi connectivity index (χ3n) is 5.35. The molecule has 0 saturated heterocycles. The van der Waals surface area contributed by atoms with E-state index in [0.29, 0.717) is 17.9 Å². The number of benzene rings is 3. The summed E-state index contributed by atoms with van der Waals surface area (Å²) in [5.74, 6) is 1.35. The van der Waals surface area contributed by atoms with Crippen LogP contribution in [0.15, 0.2) is 66.7 Å². The molecule has 0 aliphatic carbocycles. The van der Waals surface area contributed by atoms with Crippen molar-refractivity contribution in [1.29, 1.82) is 0 Å². The van der Waals surface area contributed by atoms with E-state index >= 15 is 0 Å². The van der Waals surface area contributed by atoms with Gasteiger partial charge in [0.2, 0.25) is 0 Å². The molecule has 4 N–H and O–H groups in total. The first kappa shape index (κ1) is 19.9. The lowest BCUT2D eigenvalue weighted by molar-refractivity contribution is 0.477. The SMILES string of the molecule is CCC(N)CNc1nc(-c2cc(-c3ccccc3C)ccc2O)nc2ccccc12. The number of rotatable bonds is 6. The van der Waals surface area contributed by atoms with Gasteiger partial charge in [-0.05, 0) is 54.3 Å². The molecule has 0 fully saturated rings. The van der Waals surface area contributed by atoms with Gasteiger partial charge in [0.05, 0.1) is 11.1 Å². The quantitative estimate of drug-likeness (QED) is 0.419. The zero-order chi connectivity index (χ0) is 21.1. The van der Waals surface area contributed by atoms with E-state index in [1.54, 1.807) is 6.07 Å². The number of fused-ring (bicyclic) bond motifs is 1. The number of phenols is 1. The van der Waals surface area contributed by atoms with Gasteiger partial charge < -0.3 is 16.2 Å². The van der Waals surface area contributed by atoms with Gasteiger partial charge in [-0.3, -0.25) is 0 Å². The average molecular weight is 399 g/mol. The maximum Gasteiger partial charge on any atom is 0.165 e. The Kier molecular flexibility index (Phi) is 5.63. The van der Waals surface area contributed by atoms with Crippen LogP contribution in [-0.4, -0.2) is 27.7 Å². The Morgan fingerprint density at radius 1 is 0.967 bits per heavy atom. The van der Waals surface area contributed by atoms with Crippen molar-refractivity contribution in [2.75, 3.05) is 11.9 Å². The van der Waals surface area contributed by atoms with Gasteiger partial charge in [0, 0.05) is 18.0 Å². The van der Waals surface area contributed by atoms with Crippen molar-refractivity contribution in [3.05, 3.63) is 72.3 Å². The summed E-state index contributed by atoms with van der Waals surface area (Å²) < 4.78 is 0. The lowest BCUT2D eigenvalue weighted by Crippen LogP contribution is -2.28. The molecule has 1 aromatic heterocycles. The van der Waals surface area contributed by atoms with Crippen molar-refractivity contribution < 1.29 is 5.11 Å². The second-order valence-electron chi connectivity index (χ2n) is 7.51. The topological polar surface area (TPSA) is 84.1 Å². The molecule has 152 valence electrons. The van der Waals surface area contributed by atoms with Crippen molar-refractivity contribution in [1.82, 2.24) is 9.97 Å². The van der Waals surface area contributed by atoms with Crippen LogP contribution in [0.2, 0.25) is 0 Å². The average Bonchev–Trinajstić information content (AvgIpc) is 2.78. The fraction of sp³-hybridized carbons (Fsp3) is 0.200. The largest absolute Gasteiger partial charge is 0.507 e. The van der Waals surface area contributed by atoms with E-state index in [2.05, 4.69) is 31.3 Å². The maximum absolute atomic E-state index is 10.6. The minimum absolute atomic E-state index is 0.0416. The van der Waals surface area contributed by atoms with Gasteiger partial charge in [-0.1, -0.05) is 49.4 Å². The Bertz CT molecular complexity index is 1190. The first-order chi connectivity index (χ1) is 14.6. The van der Waals surface area contributed by atoms with Crippen LogP contribution in [-0.2, 0) is 0 Å². The van der Waals surface area contributed by atoms with Crippen LogP contribution in [0.3, 0.4) is 0 Å². The highest BCUT2D eigenvalue weighted by Gasteiger charge is 2.14. The summed E-state index contributed by atoms with van der Waals surface area (Å²) in [4.78, 5) is 9.49. The monoisotopic (exact) mass is 398 g/mol. The summed E-state index contributed by atoms with van der Waals surface area (Å²) in [6, 6.07) is 21.7. The van der Waals surface area contributed by atoms with Crippen LogP contribution in [0.25, 0.3) is 33.4 Å². The number of anilines is 1. The van der Waals surface area contributed by atoms with Crippen molar-refractivity contribution in [2.45, 2.75) is 26.3 Å². The first-order valence-electron chi connectivity index (χ1n) is 10.2. The number of aromatic nitrogens is 2. The van der Waals surface area contributed by atoms with E-state index in [9.17, 15) is 5.11 Å². The highest BCUT2D eigenvalue weighted by molar-refractivity contribution is 5.91. The molecule has 0 aliphatic heterocycles. The summed E-state index contributed by atoms with van der Waals surface area (Å²) in [6.45, 7) is 4.75. The molecule has 3 aromatic carbocycles. The van der Waals surface area contributed by atoms with Gasteiger partial charge in [-0.25, -0.2) is 9.97 Å². The van der Waals surface area contributed by atoms with Crippen LogP contribution in [0, 0.1) is 6.92 Å². The Morgan fingerprint density at radius 3 is 2.53 bits per heavy atom. The predicted octanol–water partition coefficient (Wildman–Crippen LogP) is 5.13. The number of nitrogens with two attached hydrogens (primary N) is 1. The Balaban J connectivity index is 1.83. The molecule has 0 aliphatic rings. The normalized spacial score (nSPS) is 12.1.